The summed E-state index contributed by atoms with van der Waals surface area (Å²) in [6, 6.07) is 7.85. The second-order valence-electron chi connectivity index (χ2n) is 3.30. The average molecular weight is 172 g/mol. The maximum atomic E-state index is 11.7. The highest BCUT2D eigenvalue weighted by atomic mass is 16.1. The summed E-state index contributed by atoms with van der Waals surface area (Å²) in [4.78, 5) is 11.7. The molecule has 0 radical (unpaired) electrons. The number of hydrogen-bond donors (Lipinski definition) is 0. The summed E-state index contributed by atoms with van der Waals surface area (Å²) in [5.74, 6) is 0.220. The van der Waals surface area contributed by atoms with Crippen LogP contribution >= 0.6 is 0 Å². The van der Waals surface area contributed by atoms with E-state index in [2.05, 4.69) is 6.92 Å². The minimum atomic E-state index is 0.220. The Bertz CT molecular complexity index is 374. The van der Waals surface area contributed by atoms with E-state index in [0.717, 1.165) is 24.0 Å². The van der Waals surface area contributed by atoms with Crippen LogP contribution in [0.25, 0.3) is 0 Å². The first-order valence-corrected chi connectivity index (χ1v) is 4.64. The Labute approximate surface area is 78.1 Å². The molecule has 0 fully saturated rings. The molecule has 1 heteroatoms. The molecule has 0 saturated carbocycles. The Morgan fingerprint density at radius 1 is 1.38 bits per heavy atom. The first kappa shape index (κ1) is 8.24. The first-order valence-electron chi connectivity index (χ1n) is 4.64. The fourth-order valence-electron chi connectivity index (χ4n) is 1.77. The molecule has 1 aliphatic carbocycles. The molecule has 13 heavy (non-hydrogen) atoms. The molecule has 0 atom stereocenters. The van der Waals surface area contributed by atoms with Crippen molar-refractivity contribution in [3.8, 4) is 0 Å². The molecule has 66 valence electrons. The molecule has 1 aromatic rings. The van der Waals surface area contributed by atoms with Gasteiger partial charge in [-0.1, -0.05) is 37.3 Å². The fourth-order valence-corrected chi connectivity index (χ4v) is 1.77. The molecular formula is C12H12O. The molecule has 1 aromatic carbocycles. The lowest BCUT2D eigenvalue weighted by molar-refractivity contribution is 0.103. The maximum Gasteiger partial charge on any atom is 0.189 e. The lowest BCUT2D eigenvalue weighted by Crippen LogP contribution is -1.94. The highest BCUT2D eigenvalue weighted by Crippen LogP contribution is 2.25. The molecule has 0 spiro atoms. The van der Waals surface area contributed by atoms with Gasteiger partial charge in [-0.25, -0.2) is 0 Å². The lowest BCUT2D eigenvalue weighted by atomic mass is 10.1. The Morgan fingerprint density at radius 2 is 2.15 bits per heavy atom. The Morgan fingerprint density at radius 3 is 2.85 bits per heavy atom. The Kier molecular flexibility index (Phi) is 2.01. The van der Waals surface area contributed by atoms with Crippen molar-refractivity contribution in [2.75, 3.05) is 0 Å². The van der Waals surface area contributed by atoms with E-state index in [0.29, 0.717) is 0 Å². The molecule has 0 bridgehead atoms. The van der Waals surface area contributed by atoms with Crippen molar-refractivity contribution in [2.24, 2.45) is 0 Å². The standard InChI is InChI=1S/C12H12O/c1-2-5-10-8-9-6-3-4-7-11(9)12(10)13/h3-7H,2,8H2,1H3. The summed E-state index contributed by atoms with van der Waals surface area (Å²) in [6.45, 7) is 2.06. The van der Waals surface area contributed by atoms with Crippen molar-refractivity contribution in [3.63, 3.8) is 0 Å². The largest absolute Gasteiger partial charge is 0.289 e. The molecule has 0 heterocycles. The highest BCUT2D eigenvalue weighted by Gasteiger charge is 2.22. The van der Waals surface area contributed by atoms with Gasteiger partial charge in [-0.3, -0.25) is 4.79 Å². The third kappa shape index (κ3) is 1.31. The predicted molar refractivity (Wildman–Crippen MR) is 52.9 cm³/mol. The van der Waals surface area contributed by atoms with Crippen LogP contribution in [0.2, 0.25) is 0 Å². The summed E-state index contributed by atoms with van der Waals surface area (Å²) in [5, 5.41) is 0. The van der Waals surface area contributed by atoms with Crippen LogP contribution in [-0.2, 0) is 6.42 Å². The predicted octanol–water partition coefficient (Wildman–Crippen LogP) is 2.76. The number of carbonyl (C=O) groups is 1. The zero-order valence-electron chi connectivity index (χ0n) is 7.71. The van der Waals surface area contributed by atoms with Crippen molar-refractivity contribution in [3.05, 3.63) is 47.0 Å². The van der Waals surface area contributed by atoms with Gasteiger partial charge < -0.3 is 0 Å². The molecular weight excluding hydrogens is 160 g/mol. The van der Waals surface area contributed by atoms with Gasteiger partial charge in [0.25, 0.3) is 0 Å². The molecule has 0 saturated heterocycles. The van der Waals surface area contributed by atoms with Gasteiger partial charge in [-0.15, -0.1) is 0 Å². The van der Waals surface area contributed by atoms with Gasteiger partial charge in [0.15, 0.2) is 5.78 Å². The molecule has 0 aromatic heterocycles. The van der Waals surface area contributed by atoms with E-state index < -0.39 is 0 Å². The van der Waals surface area contributed by atoms with Crippen molar-refractivity contribution in [1.82, 2.24) is 0 Å². The van der Waals surface area contributed by atoms with Crippen LogP contribution in [0, 0.1) is 0 Å². The summed E-state index contributed by atoms with van der Waals surface area (Å²) in [6.07, 6.45) is 3.79. The van der Waals surface area contributed by atoms with Crippen LogP contribution in [0.3, 0.4) is 0 Å². The molecule has 0 aliphatic heterocycles. The highest BCUT2D eigenvalue weighted by molar-refractivity contribution is 6.13. The summed E-state index contributed by atoms with van der Waals surface area (Å²) < 4.78 is 0. The summed E-state index contributed by atoms with van der Waals surface area (Å²) in [5.41, 5.74) is 3.03. The van der Waals surface area contributed by atoms with E-state index >= 15 is 0 Å². The summed E-state index contributed by atoms with van der Waals surface area (Å²) >= 11 is 0. The third-order valence-corrected chi connectivity index (χ3v) is 2.39. The normalized spacial score (nSPS) is 17.9. The average Bonchev–Trinajstić information content (AvgIpc) is 2.46. The molecule has 0 amide bonds. The van der Waals surface area contributed by atoms with Gasteiger partial charge in [0.2, 0.25) is 0 Å². The molecule has 1 nitrogen and oxygen atoms in total. The van der Waals surface area contributed by atoms with Crippen LogP contribution in [-0.4, -0.2) is 5.78 Å². The van der Waals surface area contributed by atoms with E-state index in [1.54, 1.807) is 0 Å². The third-order valence-electron chi connectivity index (χ3n) is 2.39. The monoisotopic (exact) mass is 172 g/mol. The Balaban J connectivity index is 2.44. The molecule has 2 rings (SSSR count). The first-order chi connectivity index (χ1) is 6.33. The second kappa shape index (κ2) is 3.17. The number of allylic oxidation sites excluding steroid dienone is 2. The number of Topliss-reactive ketones (excluding diaryl/α,β-unsaturated/α-hetero) is 1. The number of fused-ring (bicyclic) bond motifs is 1. The fraction of sp³-hybridized carbons (Fsp3) is 0.250. The zero-order chi connectivity index (χ0) is 9.26. The van der Waals surface area contributed by atoms with Crippen LogP contribution < -0.4 is 0 Å². The zero-order valence-corrected chi connectivity index (χ0v) is 7.71. The van der Waals surface area contributed by atoms with Gasteiger partial charge in [-0.05, 0) is 12.0 Å². The lowest BCUT2D eigenvalue weighted by Gasteiger charge is -1.91. The minimum absolute atomic E-state index is 0.220. The second-order valence-corrected chi connectivity index (χ2v) is 3.30. The smallest absolute Gasteiger partial charge is 0.189 e. The summed E-state index contributed by atoms with van der Waals surface area (Å²) in [7, 11) is 0. The van der Waals surface area contributed by atoms with Crippen molar-refractivity contribution in [1.29, 1.82) is 0 Å². The molecule has 0 N–H and O–H groups in total. The van der Waals surface area contributed by atoms with Crippen LogP contribution in [0.15, 0.2) is 35.9 Å². The molecule has 0 unspecified atom stereocenters. The van der Waals surface area contributed by atoms with E-state index in [4.69, 9.17) is 0 Å². The van der Waals surface area contributed by atoms with Crippen LogP contribution in [0.4, 0.5) is 0 Å². The van der Waals surface area contributed by atoms with E-state index in [-0.39, 0.29) is 5.78 Å². The van der Waals surface area contributed by atoms with E-state index in [9.17, 15) is 4.79 Å². The van der Waals surface area contributed by atoms with Gasteiger partial charge in [0, 0.05) is 17.6 Å². The minimum Gasteiger partial charge on any atom is -0.289 e. The molecule has 1 aliphatic rings. The van der Waals surface area contributed by atoms with Gasteiger partial charge in [0.05, 0.1) is 0 Å². The maximum absolute atomic E-state index is 11.7. The number of carbonyl (C=O) groups excluding carboxylic acids is 1. The Hall–Kier alpha value is -1.37. The van der Waals surface area contributed by atoms with Crippen molar-refractivity contribution >= 4 is 5.78 Å². The SMILES string of the molecule is CCC=C1Cc2ccccc2C1=O. The van der Waals surface area contributed by atoms with Gasteiger partial charge >= 0.3 is 0 Å². The number of rotatable bonds is 1. The van der Waals surface area contributed by atoms with E-state index in [1.165, 1.54) is 5.56 Å². The quantitative estimate of drug-likeness (QED) is 0.595. The van der Waals surface area contributed by atoms with Crippen LogP contribution in [0.1, 0.15) is 29.3 Å². The topological polar surface area (TPSA) is 17.1 Å². The number of benzene rings is 1. The van der Waals surface area contributed by atoms with Crippen molar-refractivity contribution < 1.29 is 4.79 Å². The van der Waals surface area contributed by atoms with Gasteiger partial charge in [-0.2, -0.15) is 0 Å². The number of ketones is 1. The van der Waals surface area contributed by atoms with Crippen LogP contribution in [0.5, 0.6) is 0 Å². The van der Waals surface area contributed by atoms with Gasteiger partial charge in [0.1, 0.15) is 0 Å². The number of hydrogen-bond acceptors (Lipinski definition) is 1. The van der Waals surface area contributed by atoms with E-state index in [1.807, 2.05) is 30.3 Å². The van der Waals surface area contributed by atoms with Crippen molar-refractivity contribution in [2.45, 2.75) is 19.8 Å².